The van der Waals surface area contributed by atoms with E-state index in [1.165, 1.54) is 4.88 Å². The highest BCUT2D eigenvalue weighted by molar-refractivity contribution is 7.09. The fourth-order valence-corrected chi connectivity index (χ4v) is 2.49. The maximum absolute atomic E-state index is 5.57. The van der Waals surface area contributed by atoms with Gasteiger partial charge in [0, 0.05) is 19.0 Å². The molecule has 0 fully saturated rings. The summed E-state index contributed by atoms with van der Waals surface area (Å²) in [6, 6.07) is 0.326. The lowest BCUT2D eigenvalue weighted by atomic mass is 10.4. The first-order chi connectivity index (χ1) is 9.99. The van der Waals surface area contributed by atoms with Crippen molar-refractivity contribution in [2.45, 2.75) is 33.4 Å². The fraction of sp³-hybridized carbons (Fsp3) is 0.538. The molecule has 0 saturated heterocycles. The second-order valence-electron chi connectivity index (χ2n) is 4.88. The molecule has 0 aliphatic rings. The normalized spacial score (nSPS) is 10.8. The van der Waals surface area contributed by atoms with E-state index in [1.807, 2.05) is 38.2 Å². The Bertz CT molecular complexity index is 600. The van der Waals surface area contributed by atoms with Crippen molar-refractivity contribution in [1.29, 1.82) is 0 Å². The average Bonchev–Trinajstić information content (AvgIpc) is 2.83. The van der Waals surface area contributed by atoms with Gasteiger partial charge in [0.15, 0.2) is 0 Å². The molecular weight excluding hydrogens is 288 g/mol. The van der Waals surface area contributed by atoms with Crippen LogP contribution in [0.3, 0.4) is 0 Å². The molecule has 21 heavy (non-hydrogen) atoms. The molecule has 2 aromatic heterocycles. The third-order valence-electron chi connectivity index (χ3n) is 2.73. The zero-order chi connectivity index (χ0) is 15.4. The number of nitrogens with one attached hydrogen (secondary N) is 1. The molecule has 0 spiro atoms. The largest absolute Gasteiger partial charge is 0.461 e. The highest BCUT2D eigenvalue weighted by atomic mass is 32.1. The van der Waals surface area contributed by atoms with Gasteiger partial charge in [-0.05, 0) is 20.8 Å². The van der Waals surface area contributed by atoms with E-state index in [-0.39, 0.29) is 6.10 Å². The average molecular weight is 308 g/mol. The molecule has 114 valence electrons. The van der Waals surface area contributed by atoms with Crippen molar-refractivity contribution in [3.63, 3.8) is 0 Å². The number of hydrogen-bond donors (Lipinski definition) is 1. The van der Waals surface area contributed by atoms with Crippen LogP contribution in [-0.2, 0) is 6.54 Å². The van der Waals surface area contributed by atoms with Gasteiger partial charge in [-0.3, -0.25) is 0 Å². The molecule has 0 aliphatic carbocycles. The van der Waals surface area contributed by atoms with Gasteiger partial charge in [-0.15, -0.1) is 11.3 Å². The number of aryl methyl sites for hydroxylation is 1. The monoisotopic (exact) mass is 308 g/mol. The van der Waals surface area contributed by atoms with Gasteiger partial charge in [-0.2, -0.15) is 15.0 Å². The van der Waals surface area contributed by atoms with Gasteiger partial charge in [0.1, 0.15) is 0 Å². The Kier molecular flexibility index (Phi) is 4.89. The minimum Gasteiger partial charge on any atom is -0.461 e. The Morgan fingerprint density at radius 3 is 2.67 bits per heavy atom. The second-order valence-corrected chi connectivity index (χ2v) is 5.81. The Morgan fingerprint density at radius 1 is 1.33 bits per heavy atom. The van der Waals surface area contributed by atoms with E-state index in [9.17, 15) is 0 Å². The van der Waals surface area contributed by atoms with E-state index in [0.717, 1.165) is 5.69 Å². The standard InChI is InChI=1S/C13H20N6OS/c1-8(2)20-13-17-11(14-4)16-12(18-13)19(5)6-10-9(3)15-7-21-10/h7-8H,6H2,1-5H3,(H,14,16,17,18). The number of anilines is 2. The first kappa shape index (κ1) is 15.4. The molecule has 0 saturated carbocycles. The van der Waals surface area contributed by atoms with Crippen molar-refractivity contribution in [1.82, 2.24) is 19.9 Å². The predicted molar refractivity (Wildman–Crippen MR) is 84.1 cm³/mol. The lowest BCUT2D eigenvalue weighted by Gasteiger charge is -2.18. The fourth-order valence-electron chi connectivity index (χ4n) is 1.66. The van der Waals surface area contributed by atoms with Gasteiger partial charge in [-0.25, -0.2) is 4.98 Å². The van der Waals surface area contributed by atoms with Crippen LogP contribution in [0.1, 0.15) is 24.4 Å². The molecule has 0 bridgehead atoms. The maximum Gasteiger partial charge on any atom is 0.323 e. The number of ether oxygens (including phenoxy) is 1. The van der Waals surface area contributed by atoms with Gasteiger partial charge in [0.25, 0.3) is 0 Å². The summed E-state index contributed by atoms with van der Waals surface area (Å²) in [6.45, 7) is 6.57. The summed E-state index contributed by atoms with van der Waals surface area (Å²) in [5.41, 5.74) is 2.88. The van der Waals surface area contributed by atoms with E-state index < -0.39 is 0 Å². The molecule has 2 heterocycles. The first-order valence-electron chi connectivity index (χ1n) is 6.70. The summed E-state index contributed by atoms with van der Waals surface area (Å²) in [7, 11) is 3.71. The molecule has 1 N–H and O–H groups in total. The van der Waals surface area contributed by atoms with Crippen molar-refractivity contribution >= 4 is 23.2 Å². The van der Waals surface area contributed by atoms with E-state index in [2.05, 4.69) is 25.3 Å². The lowest BCUT2D eigenvalue weighted by Crippen LogP contribution is -2.21. The molecule has 0 amide bonds. The van der Waals surface area contributed by atoms with Crippen LogP contribution in [0, 0.1) is 6.92 Å². The minimum atomic E-state index is 0.0130. The van der Waals surface area contributed by atoms with Crippen LogP contribution in [0.2, 0.25) is 0 Å². The third-order valence-corrected chi connectivity index (χ3v) is 3.65. The minimum absolute atomic E-state index is 0.0130. The Hall–Kier alpha value is -1.96. The quantitative estimate of drug-likeness (QED) is 0.875. The van der Waals surface area contributed by atoms with Crippen LogP contribution in [0.5, 0.6) is 6.01 Å². The summed E-state index contributed by atoms with van der Waals surface area (Å²) in [4.78, 5) is 20.3. The van der Waals surface area contributed by atoms with E-state index in [0.29, 0.717) is 24.5 Å². The SMILES string of the molecule is CNc1nc(OC(C)C)nc(N(C)Cc2scnc2C)n1. The molecule has 0 radical (unpaired) electrons. The third kappa shape index (κ3) is 4.01. The Morgan fingerprint density at radius 2 is 2.10 bits per heavy atom. The van der Waals surface area contributed by atoms with Crippen molar-refractivity contribution in [3.8, 4) is 6.01 Å². The van der Waals surface area contributed by atoms with Crippen LogP contribution in [0.15, 0.2) is 5.51 Å². The van der Waals surface area contributed by atoms with Gasteiger partial charge in [0.05, 0.1) is 23.9 Å². The van der Waals surface area contributed by atoms with Crippen molar-refractivity contribution < 1.29 is 4.74 Å². The molecule has 7 nitrogen and oxygen atoms in total. The molecule has 0 unspecified atom stereocenters. The van der Waals surface area contributed by atoms with Crippen LogP contribution < -0.4 is 15.0 Å². The van der Waals surface area contributed by atoms with Crippen LogP contribution in [0.25, 0.3) is 0 Å². The van der Waals surface area contributed by atoms with E-state index in [1.54, 1.807) is 18.4 Å². The van der Waals surface area contributed by atoms with Gasteiger partial charge in [-0.1, -0.05) is 0 Å². The lowest BCUT2D eigenvalue weighted by molar-refractivity contribution is 0.222. The van der Waals surface area contributed by atoms with Crippen molar-refractivity contribution in [3.05, 3.63) is 16.1 Å². The number of hydrogen-bond acceptors (Lipinski definition) is 8. The summed E-state index contributed by atoms with van der Waals surface area (Å²) >= 11 is 1.63. The Balaban J connectivity index is 2.22. The molecule has 8 heteroatoms. The molecule has 0 atom stereocenters. The zero-order valence-corrected chi connectivity index (χ0v) is 13.7. The molecule has 0 aromatic carbocycles. The number of thiazole rings is 1. The van der Waals surface area contributed by atoms with E-state index >= 15 is 0 Å². The predicted octanol–water partition coefficient (Wildman–Crippen LogP) is 2.10. The summed E-state index contributed by atoms with van der Waals surface area (Å²) in [5, 5.41) is 2.93. The molecular formula is C13H20N6OS. The highest BCUT2D eigenvalue weighted by Gasteiger charge is 2.13. The van der Waals surface area contributed by atoms with Crippen LogP contribution in [-0.4, -0.2) is 40.1 Å². The molecule has 0 aliphatic heterocycles. The zero-order valence-electron chi connectivity index (χ0n) is 12.9. The summed E-state index contributed by atoms with van der Waals surface area (Å²) in [5.74, 6) is 1.06. The summed E-state index contributed by atoms with van der Waals surface area (Å²) in [6.07, 6.45) is 0.0130. The Labute approximate surface area is 128 Å². The van der Waals surface area contributed by atoms with Gasteiger partial charge in [0.2, 0.25) is 11.9 Å². The highest BCUT2D eigenvalue weighted by Crippen LogP contribution is 2.19. The van der Waals surface area contributed by atoms with Crippen LogP contribution >= 0.6 is 11.3 Å². The van der Waals surface area contributed by atoms with Gasteiger partial charge >= 0.3 is 6.01 Å². The maximum atomic E-state index is 5.57. The molecule has 2 aromatic rings. The second kappa shape index (κ2) is 6.66. The van der Waals surface area contributed by atoms with Gasteiger partial charge < -0.3 is 15.0 Å². The van der Waals surface area contributed by atoms with E-state index in [4.69, 9.17) is 4.74 Å². The number of aromatic nitrogens is 4. The topological polar surface area (TPSA) is 76.1 Å². The smallest absolute Gasteiger partial charge is 0.323 e. The molecule has 2 rings (SSSR count). The number of nitrogens with zero attached hydrogens (tertiary/aromatic N) is 5. The van der Waals surface area contributed by atoms with Crippen molar-refractivity contribution in [2.24, 2.45) is 0 Å². The van der Waals surface area contributed by atoms with Crippen molar-refractivity contribution in [2.75, 3.05) is 24.3 Å². The van der Waals surface area contributed by atoms with Crippen LogP contribution in [0.4, 0.5) is 11.9 Å². The first-order valence-corrected chi connectivity index (χ1v) is 7.58. The number of rotatable bonds is 6. The summed E-state index contributed by atoms with van der Waals surface area (Å²) < 4.78 is 5.57.